The van der Waals surface area contributed by atoms with Crippen molar-refractivity contribution in [2.45, 2.75) is 13.5 Å². The van der Waals surface area contributed by atoms with Gasteiger partial charge >= 0.3 is 0 Å². The second-order valence-corrected chi connectivity index (χ2v) is 4.11. The van der Waals surface area contributed by atoms with E-state index in [0.29, 0.717) is 31.9 Å². The van der Waals surface area contributed by atoms with E-state index in [9.17, 15) is 4.79 Å². The van der Waals surface area contributed by atoms with Crippen LogP contribution in [0.2, 0.25) is 5.02 Å². The topological polar surface area (TPSA) is 73.4 Å². The molecule has 0 radical (unpaired) electrons. The lowest BCUT2D eigenvalue weighted by Gasteiger charge is -2.22. The molecule has 0 fully saturated rings. The van der Waals surface area contributed by atoms with Crippen molar-refractivity contribution in [1.29, 1.82) is 0 Å². The highest BCUT2D eigenvalue weighted by Crippen LogP contribution is 2.20. The summed E-state index contributed by atoms with van der Waals surface area (Å²) in [6.07, 6.45) is 1.60. The Morgan fingerprint density at radius 3 is 2.89 bits per heavy atom. The molecule has 0 saturated carbocycles. The molecule has 0 saturated heterocycles. The largest absolute Gasteiger partial charge is 0.383 e. The van der Waals surface area contributed by atoms with Crippen LogP contribution in [0, 0.1) is 0 Å². The third kappa shape index (κ3) is 3.44. The molecule has 0 aliphatic carbocycles. The number of nitrogens with two attached hydrogens (primary N) is 1. The van der Waals surface area contributed by atoms with E-state index in [-0.39, 0.29) is 10.6 Å². The molecule has 0 aliphatic heterocycles. The summed E-state index contributed by atoms with van der Waals surface area (Å²) in [7, 11) is 1.57. The molecule has 18 heavy (non-hydrogen) atoms. The van der Waals surface area contributed by atoms with Gasteiger partial charge in [0.15, 0.2) is 0 Å². The number of anilines is 1. The van der Waals surface area contributed by atoms with Crippen molar-refractivity contribution in [3.63, 3.8) is 0 Å². The van der Waals surface area contributed by atoms with Crippen LogP contribution in [0.3, 0.4) is 0 Å². The summed E-state index contributed by atoms with van der Waals surface area (Å²) >= 11 is 6.09. The minimum atomic E-state index is -0.304. The fraction of sp³-hybridized carbons (Fsp3) is 0.636. The van der Waals surface area contributed by atoms with Crippen LogP contribution in [0.4, 0.5) is 5.69 Å². The SMILES string of the molecule is CCN(CCN)c1cnn(CCOC)c(=O)c1Cl. The molecule has 1 aromatic heterocycles. The van der Waals surface area contributed by atoms with E-state index >= 15 is 0 Å². The van der Waals surface area contributed by atoms with Crippen molar-refractivity contribution in [1.82, 2.24) is 9.78 Å². The van der Waals surface area contributed by atoms with Crippen LogP contribution in [0.25, 0.3) is 0 Å². The summed E-state index contributed by atoms with van der Waals surface area (Å²) in [4.78, 5) is 13.9. The first kappa shape index (κ1) is 14.9. The third-order valence-electron chi connectivity index (χ3n) is 2.60. The van der Waals surface area contributed by atoms with Crippen molar-refractivity contribution in [2.24, 2.45) is 5.73 Å². The molecule has 0 unspecified atom stereocenters. The number of rotatable bonds is 7. The van der Waals surface area contributed by atoms with Crippen molar-refractivity contribution in [2.75, 3.05) is 38.3 Å². The van der Waals surface area contributed by atoms with Crippen LogP contribution >= 0.6 is 11.6 Å². The second-order valence-electron chi connectivity index (χ2n) is 3.73. The number of methoxy groups -OCH3 is 1. The smallest absolute Gasteiger partial charge is 0.287 e. The molecule has 7 heteroatoms. The van der Waals surface area contributed by atoms with Gasteiger partial charge in [-0.15, -0.1) is 0 Å². The van der Waals surface area contributed by atoms with E-state index in [1.807, 2.05) is 11.8 Å². The molecule has 0 amide bonds. The van der Waals surface area contributed by atoms with Gasteiger partial charge in [-0.05, 0) is 6.92 Å². The monoisotopic (exact) mass is 274 g/mol. The van der Waals surface area contributed by atoms with E-state index in [2.05, 4.69) is 5.10 Å². The minimum Gasteiger partial charge on any atom is -0.383 e. The summed E-state index contributed by atoms with van der Waals surface area (Å²) in [6.45, 7) is 4.64. The number of hydrogen-bond donors (Lipinski definition) is 1. The van der Waals surface area contributed by atoms with Gasteiger partial charge in [-0.1, -0.05) is 11.6 Å². The average Bonchev–Trinajstić information content (AvgIpc) is 2.38. The number of aromatic nitrogens is 2. The molecule has 1 rings (SSSR count). The molecule has 1 aromatic rings. The number of halogens is 1. The zero-order chi connectivity index (χ0) is 13.5. The number of likely N-dealkylation sites (N-methyl/N-ethyl adjacent to an activating group) is 1. The van der Waals surface area contributed by atoms with Crippen molar-refractivity contribution in [3.05, 3.63) is 21.6 Å². The van der Waals surface area contributed by atoms with Gasteiger partial charge in [-0.25, -0.2) is 4.68 Å². The molecular formula is C11H19ClN4O2. The van der Waals surface area contributed by atoms with Crippen LogP contribution in [0.5, 0.6) is 0 Å². The molecule has 1 heterocycles. The molecule has 0 aromatic carbocycles. The Kier molecular flexibility index (Phi) is 6.11. The van der Waals surface area contributed by atoms with E-state index < -0.39 is 0 Å². The van der Waals surface area contributed by atoms with E-state index in [0.717, 1.165) is 6.54 Å². The molecule has 0 atom stereocenters. The first-order valence-electron chi connectivity index (χ1n) is 5.85. The van der Waals surface area contributed by atoms with Gasteiger partial charge in [-0.3, -0.25) is 4.79 Å². The number of nitrogens with zero attached hydrogens (tertiary/aromatic N) is 3. The first-order valence-corrected chi connectivity index (χ1v) is 6.23. The molecule has 102 valence electrons. The minimum absolute atomic E-state index is 0.177. The summed E-state index contributed by atoms with van der Waals surface area (Å²) < 4.78 is 6.21. The van der Waals surface area contributed by atoms with Gasteiger partial charge in [0.2, 0.25) is 0 Å². The molecule has 6 nitrogen and oxygen atoms in total. The third-order valence-corrected chi connectivity index (χ3v) is 2.95. The summed E-state index contributed by atoms with van der Waals surface area (Å²) in [5.41, 5.74) is 5.85. The van der Waals surface area contributed by atoms with Gasteiger partial charge in [0, 0.05) is 26.7 Å². The maximum Gasteiger partial charge on any atom is 0.287 e. The second kappa shape index (κ2) is 7.35. The van der Waals surface area contributed by atoms with Crippen LogP contribution in [-0.2, 0) is 11.3 Å². The van der Waals surface area contributed by atoms with E-state index in [1.54, 1.807) is 13.3 Å². The lowest BCUT2D eigenvalue weighted by atomic mass is 10.3. The van der Waals surface area contributed by atoms with Gasteiger partial charge < -0.3 is 15.4 Å². The zero-order valence-corrected chi connectivity index (χ0v) is 11.5. The maximum atomic E-state index is 12.0. The Hall–Kier alpha value is -1.11. The lowest BCUT2D eigenvalue weighted by molar-refractivity contribution is 0.182. The zero-order valence-electron chi connectivity index (χ0n) is 10.7. The maximum absolute atomic E-state index is 12.0. The van der Waals surface area contributed by atoms with E-state index in [1.165, 1.54) is 4.68 Å². The van der Waals surface area contributed by atoms with Crippen LogP contribution in [0.1, 0.15) is 6.92 Å². The average molecular weight is 275 g/mol. The van der Waals surface area contributed by atoms with Crippen LogP contribution in [0.15, 0.2) is 11.0 Å². The predicted octanol–water partition coefficient (Wildman–Crippen LogP) is 0.328. The fourth-order valence-electron chi connectivity index (χ4n) is 1.62. The fourth-order valence-corrected chi connectivity index (χ4v) is 1.88. The summed E-state index contributed by atoms with van der Waals surface area (Å²) in [6, 6.07) is 0. The molecule has 2 N–H and O–H groups in total. The van der Waals surface area contributed by atoms with Crippen molar-refractivity contribution >= 4 is 17.3 Å². The van der Waals surface area contributed by atoms with Gasteiger partial charge in [-0.2, -0.15) is 5.10 Å². The normalized spacial score (nSPS) is 10.7. The quantitative estimate of drug-likeness (QED) is 0.776. The van der Waals surface area contributed by atoms with Crippen LogP contribution < -0.4 is 16.2 Å². The summed E-state index contributed by atoms with van der Waals surface area (Å²) in [5, 5.41) is 4.26. The standard InChI is InChI=1S/C11H19ClN4O2/c1-3-15(5-4-13)9-8-14-16(6-7-18-2)11(17)10(9)12/h8H,3-7,13H2,1-2H3. The Morgan fingerprint density at radius 1 is 1.61 bits per heavy atom. The lowest BCUT2D eigenvalue weighted by Crippen LogP contribution is -2.33. The predicted molar refractivity (Wildman–Crippen MR) is 72.3 cm³/mol. The van der Waals surface area contributed by atoms with Gasteiger partial charge in [0.1, 0.15) is 5.02 Å². The summed E-state index contributed by atoms with van der Waals surface area (Å²) in [5.74, 6) is 0. The molecule has 0 bridgehead atoms. The molecular weight excluding hydrogens is 256 g/mol. The Morgan fingerprint density at radius 2 is 2.33 bits per heavy atom. The van der Waals surface area contributed by atoms with E-state index in [4.69, 9.17) is 22.1 Å². The molecule has 0 aliphatic rings. The number of hydrogen-bond acceptors (Lipinski definition) is 5. The Bertz CT molecular complexity index is 436. The van der Waals surface area contributed by atoms with Crippen molar-refractivity contribution < 1.29 is 4.74 Å². The first-order chi connectivity index (χ1) is 8.65. The van der Waals surface area contributed by atoms with Gasteiger partial charge in [0.25, 0.3) is 5.56 Å². The Labute approximate surface area is 111 Å². The van der Waals surface area contributed by atoms with Crippen LogP contribution in [-0.4, -0.2) is 43.1 Å². The molecule has 0 spiro atoms. The highest BCUT2D eigenvalue weighted by Gasteiger charge is 2.13. The number of ether oxygens (including phenoxy) is 1. The Balaban J connectivity index is 3.02. The van der Waals surface area contributed by atoms with Gasteiger partial charge in [0.05, 0.1) is 25.0 Å². The van der Waals surface area contributed by atoms with Crippen molar-refractivity contribution in [3.8, 4) is 0 Å². The highest BCUT2D eigenvalue weighted by molar-refractivity contribution is 6.33. The highest BCUT2D eigenvalue weighted by atomic mass is 35.5.